The van der Waals surface area contributed by atoms with Crippen LogP contribution in [0, 0.1) is 0 Å². The van der Waals surface area contributed by atoms with E-state index in [1.165, 1.54) is 27.4 Å². The molecule has 2 heterocycles. The number of likely N-dealkylation sites (N-methyl/N-ethyl adjacent to an activating group) is 1. The van der Waals surface area contributed by atoms with E-state index in [2.05, 4.69) is 51.1 Å². The molecule has 4 nitrogen and oxygen atoms in total. The first kappa shape index (κ1) is 14.1. The van der Waals surface area contributed by atoms with Crippen molar-refractivity contribution in [3.63, 3.8) is 0 Å². The second kappa shape index (κ2) is 6.28. The van der Waals surface area contributed by atoms with Crippen molar-refractivity contribution in [1.29, 1.82) is 0 Å². The molecule has 0 bridgehead atoms. The maximum atomic E-state index is 4.43. The zero-order valence-corrected chi connectivity index (χ0v) is 13.0. The van der Waals surface area contributed by atoms with Gasteiger partial charge in [-0.05, 0) is 49.1 Å². The van der Waals surface area contributed by atoms with Crippen LogP contribution in [0.2, 0.25) is 0 Å². The molecule has 5 heteroatoms. The summed E-state index contributed by atoms with van der Waals surface area (Å²) < 4.78 is 4.11. The van der Waals surface area contributed by atoms with E-state index >= 15 is 0 Å². The van der Waals surface area contributed by atoms with Crippen LogP contribution in [0.4, 0.5) is 0 Å². The zero-order chi connectivity index (χ0) is 14.7. The molecular weight excluding hydrogens is 280 g/mol. The van der Waals surface area contributed by atoms with Crippen molar-refractivity contribution < 1.29 is 0 Å². The molecule has 2 aromatic heterocycles. The second-order valence-corrected chi connectivity index (χ2v) is 5.76. The van der Waals surface area contributed by atoms with Crippen LogP contribution in [0.15, 0.2) is 36.5 Å². The van der Waals surface area contributed by atoms with Crippen LogP contribution in [0.5, 0.6) is 0 Å². The number of hydrogen-bond acceptors (Lipinski definition) is 5. The largest absolute Gasteiger partial charge is 0.312 e. The highest BCUT2D eigenvalue weighted by Gasteiger charge is 2.18. The summed E-state index contributed by atoms with van der Waals surface area (Å²) in [7, 11) is 1.99. The summed E-state index contributed by atoms with van der Waals surface area (Å²) >= 11 is 1.49. The van der Waals surface area contributed by atoms with Gasteiger partial charge in [0.2, 0.25) is 0 Å². The zero-order valence-electron chi connectivity index (χ0n) is 12.2. The molecular formula is C16H18N4S. The molecule has 0 saturated heterocycles. The van der Waals surface area contributed by atoms with Gasteiger partial charge in [-0.1, -0.05) is 29.6 Å². The molecule has 0 fully saturated rings. The van der Waals surface area contributed by atoms with Crippen molar-refractivity contribution in [1.82, 2.24) is 19.9 Å². The van der Waals surface area contributed by atoms with Gasteiger partial charge in [-0.25, -0.2) is 0 Å². The Hall–Kier alpha value is -1.85. The van der Waals surface area contributed by atoms with Crippen molar-refractivity contribution in [2.24, 2.45) is 0 Å². The lowest BCUT2D eigenvalue weighted by atomic mass is 10.00. The average Bonchev–Trinajstić information content (AvgIpc) is 3.01. The summed E-state index contributed by atoms with van der Waals surface area (Å²) in [6.45, 7) is 2.12. The van der Waals surface area contributed by atoms with E-state index in [0.29, 0.717) is 0 Å². The van der Waals surface area contributed by atoms with Crippen molar-refractivity contribution in [2.45, 2.75) is 25.8 Å². The molecule has 1 unspecified atom stereocenters. The first-order chi connectivity index (χ1) is 10.3. The van der Waals surface area contributed by atoms with Gasteiger partial charge in [-0.2, -0.15) is 0 Å². The number of para-hydroxylation sites is 1. The maximum absolute atomic E-state index is 4.43. The average molecular weight is 298 g/mol. The van der Waals surface area contributed by atoms with Crippen molar-refractivity contribution in [2.75, 3.05) is 7.05 Å². The summed E-state index contributed by atoms with van der Waals surface area (Å²) in [5.74, 6) is 0. The Labute approximate surface area is 128 Å². The fraction of sp³-hybridized carbons (Fsp3) is 0.312. The Kier molecular flexibility index (Phi) is 4.22. The number of aryl methyl sites for hydroxylation is 1. The lowest BCUT2D eigenvalue weighted by Gasteiger charge is -2.16. The van der Waals surface area contributed by atoms with Gasteiger partial charge >= 0.3 is 0 Å². The Morgan fingerprint density at radius 1 is 1.24 bits per heavy atom. The van der Waals surface area contributed by atoms with E-state index in [4.69, 9.17) is 0 Å². The monoisotopic (exact) mass is 298 g/mol. The minimum Gasteiger partial charge on any atom is -0.312 e. The van der Waals surface area contributed by atoms with E-state index in [-0.39, 0.29) is 6.04 Å². The molecule has 0 aliphatic heterocycles. The molecule has 1 N–H and O–H groups in total. The van der Waals surface area contributed by atoms with Crippen LogP contribution < -0.4 is 5.32 Å². The smallest absolute Gasteiger partial charge is 0.0801 e. The van der Waals surface area contributed by atoms with Crippen LogP contribution in [-0.2, 0) is 12.8 Å². The standard InChI is InChI=1S/C16H18N4S/c1-3-13-16(21-20-19-13)15(17-2)10-11-8-9-18-14-7-5-4-6-12(11)14/h4-9,15,17H,3,10H2,1-2H3. The first-order valence-electron chi connectivity index (χ1n) is 7.14. The normalized spacial score (nSPS) is 12.7. The van der Waals surface area contributed by atoms with Gasteiger partial charge in [-0.15, -0.1) is 5.10 Å². The molecule has 0 saturated carbocycles. The summed E-state index contributed by atoms with van der Waals surface area (Å²) in [5, 5.41) is 8.84. The molecule has 0 amide bonds. The Bertz CT molecular complexity index is 732. The van der Waals surface area contributed by atoms with Crippen LogP contribution in [0.1, 0.15) is 29.1 Å². The number of hydrogen-bond donors (Lipinski definition) is 1. The van der Waals surface area contributed by atoms with Gasteiger partial charge in [-0.3, -0.25) is 4.98 Å². The van der Waals surface area contributed by atoms with Gasteiger partial charge in [0, 0.05) is 17.6 Å². The predicted octanol–water partition coefficient (Wildman–Crippen LogP) is 3.15. The minimum atomic E-state index is 0.241. The summed E-state index contributed by atoms with van der Waals surface area (Å²) in [6, 6.07) is 10.6. The fourth-order valence-electron chi connectivity index (χ4n) is 2.60. The van der Waals surface area contributed by atoms with Gasteiger partial charge in [0.25, 0.3) is 0 Å². The summed E-state index contributed by atoms with van der Waals surface area (Å²) in [5.41, 5.74) is 3.44. The van der Waals surface area contributed by atoms with Crippen LogP contribution in [-0.4, -0.2) is 21.6 Å². The van der Waals surface area contributed by atoms with Crippen LogP contribution >= 0.6 is 11.5 Å². The number of pyridine rings is 1. The molecule has 0 radical (unpaired) electrons. The first-order valence-corrected chi connectivity index (χ1v) is 7.91. The minimum absolute atomic E-state index is 0.241. The number of fused-ring (bicyclic) bond motifs is 1. The van der Waals surface area contributed by atoms with Crippen LogP contribution in [0.25, 0.3) is 10.9 Å². The third-order valence-corrected chi connectivity index (χ3v) is 4.63. The maximum Gasteiger partial charge on any atom is 0.0801 e. The fourth-order valence-corrected chi connectivity index (χ4v) is 3.45. The number of nitrogens with one attached hydrogen (secondary N) is 1. The number of rotatable bonds is 5. The third kappa shape index (κ3) is 2.80. The predicted molar refractivity (Wildman–Crippen MR) is 86.5 cm³/mol. The van der Waals surface area contributed by atoms with E-state index in [9.17, 15) is 0 Å². The van der Waals surface area contributed by atoms with E-state index in [1.54, 1.807) is 0 Å². The second-order valence-electron chi connectivity index (χ2n) is 4.97. The summed E-state index contributed by atoms with van der Waals surface area (Å²) in [4.78, 5) is 5.67. The SMILES string of the molecule is CCc1nnsc1C(Cc1ccnc2ccccc12)NC. The Balaban J connectivity index is 1.96. The van der Waals surface area contributed by atoms with E-state index in [0.717, 1.165) is 24.1 Å². The lowest BCUT2D eigenvalue weighted by Crippen LogP contribution is -2.19. The van der Waals surface area contributed by atoms with Gasteiger partial charge in [0.05, 0.1) is 16.1 Å². The molecule has 1 aromatic carbocycles. The highest BCUT2D eigenvalue weighted by Crippen LogP contribution is 2.27. The molecule has 0 aliphatic carbocycles. The van der Waals surface area contributed by atoms with Crippen molar-refractivity contribution in [3.05, 3.63) is 52.7 Å². The summed E-state index contributed by atoms with van der Waals surface area (Å²) in [6.07, 6.45) is 3.72. The van der Waals surface area contributed by atoms with Gasteiger partial charge in [0.1, 0.15) is 0 Å². The highest BCUT2D eigenvalue weighted by molar-refractivity contribution is 7.05. The quantitative estimate of drug-likeness (QED) is 0.786. The highest BCUT2D eigenvalue weighted by atomic mass is 32.1. The lowest BCUT2D eigenvalue weighted by molar-refractivity contribution is 0.597. The third-order valence-electron chi connectivity index (χ3n) is 3.75. The van der Waals surface area contributed by atoms with Gasteiger partial charge < -0.3 is 5.32 Å². The van der Waals surface area contributed by atoms with E-state index in [1.807, 2.05) is 19.3 Å². The number of benzene rings is 1. The molecule has 108 valence electrons. The molecule has 0 aliphatic rings. The molecule has 0 spiro atoms. The Morgan fingerprint density at radius 3 is 2.90 bits per heavy atom. The molecule has 3 rings (SSSR count). The molecule has 1 atom stereocenters. The van der Waals surface area contributed by atoms with Crippen LogP contribution in [0.3, 0.4) is 0 Å². The molecule has 3 aromatic rings. The topological polar surface area (TPSA) is 50.7 Å². The number of nitrogens with zero attached hydrogens (tertiary/aromatic N) is 3. The van der Waals surface area contributed by atoms with E-state index < -0.39 is 0 Å². The van der Waals surface area contributed by atoms with Crippen molar-refractivity contribution >= 4 is 22.4 Å². The Morgan fingerprint density at radius 2 is 2.10 bits per heavy atom. The van der Waals surface area contributed by atoms with Crippen molar-refractivity contribution in [3.8, 4) is 0 Å². The van der Waals surface area contributed by atoms with Gasteiger partial charge in [0.15, 0.2) is 0 Å². The molecule has 21 heavy (non-hydrogen) atoms. The number of aromatic nitrogens is 3.